The SMILES string of the molecule is CCNC(=NCC1CCCN(C)C1c1cccs1)NCCC(=O)N(C)C. The van der Waals surface area contributed by atoms with Gasteiger partial charge in [-0.2, -0.15) is 0 Å². The van der Waals surface area contributed by atoms with E-state index in [1.807, 2.05) is 11.3 Å². The Kier molecular flexibility index (Phi) is 8.38. The van der Waals surface area contributed by atoms with Crippen LogP contribution in [0.5, 0.6) is 0 Å². The van der Waals surface area contributed by atoms with Gasteiger partial charge in [0, 0.05) is 51.1 Å². The lowest BCUT2D eigenvalue weighted by atomic mass is 9.88. The van der Waals surface area contributed by atoms with Crippen LogP contribution in [0, 0.1) is 5.92 Å². The van der Waals surface area contributed by atoms with Crippen molar-refractivity contribution in [3.05, 3.63) is 22.4 Å². The van der Waals surface area contributed by atoms with Crippen LogP contribution in [0.4, 0.5) is 0 Å². The Bertz CT molecular complexity index is 572. The van der Waals surface area contributed by atoms with E-state index in [9.17, 15) is 4.79 Å². The highest BCUT2D eigenvalue weighted by atomic mass is 32.1. The van der Waals surface area contributed by atoms with Gasteiger partial charge in [0.25, 0.3) is 0 Å². The van der Waals surface area contributed by atoms with E-state index in [4.69, 9.17) is 4.99 Å². The number of likely N-dealkylation sites (tertiary alicyclic amines) is 1. The molecule has 0 radical (unpaired) electrons. The molecule has 26 heavy (non-hydrogen) atoms. The van der Waals surface area contributed by atoms with Crippen molar-refractivity contribution in [2.24, 2.45) is 10.9 Å². The molecule has 6 nitrogen and oxygen atoms in total. The number of nitrogens with zero attached hydrogens (tertiary/aromatic N) is 3. The minimum Gasteiger partial charge on any atom is -0.357 e. The predicted molar refractivity (Wildman–Crippen MR) is 110 cm³/mol. The van der Waals surface area contributed by atoms with Crippen molar-refractivity contribution in [2.75, 3.05) is 47.3 Å². The number of hydrogen-bond donors (Lipinski definition) is 2. The summed E-state index contributed by atoms with van der Waals surface area (Å²) in [7, 11) is 5.79. The molecule has 1 amide bonds. The zero-order valence-corrected chi connectivity index (χ0v) is 17.3. The van der Waals surface area contributed by atoms with Gasteiger partial charge in [-0.1, -0.05) is 6.07 Å². The molecule has 146 valence electrons. The lowest BCUT2D eigenvalue weighted by Crippen LogP contribution is -2.41. The Hall–Kier alpha value is -1.60. The van der Waals surface area contributed by atoms with Crippen LogP contribution in [0.15, 0.2) is 22.5 Å². The van der Waals surface area contributed by atoms with Crippen molar-refractivity contribution < 1.29 is 4.79 Å². The van der Waals surface area contributed by atoms with Crippen LogP contribution in [-0.2, 0) is 4.79 Å². The van der Waals surface area contributed by atoms with Crippen molar-refractivity contribution in [3.8, 4) is 0 Å². The van der Waals surface area contributed by atoms with Crippen molar-refractivity contribution in [3.63, 3.8) is 0 Å². The van der Waals surface area contributed by atoms with Crippen LogP contribution in [0.3, 0.4) is 0 Å². The maximum Gasteiger partial charge on any atom is 0.223 e. The van der Waals surface area contributed by atoms with Crippen LogP contribution < -0.4 is 10.6 Å². The molecule has 1 fully saturated rings. The molecule has 1 aliphatic rings. The van der Waals surface area contributed by atoms with Crippen molar-refractivity contribution >= 4 is 23.2 Å². The van der Waals surface area contributed by atoms with Crippen molar-refractivity contribution in [1.82, 2.24) is 20.4 Å². The second kappa shape index (κ2) is 10.5. The number of amides is 1. The quantitative estimate of drug-likeness (QED) is 0.563. The lowest BCUT2D eigenvalue weighted by molar-refractivity contribution is -0.128. The summed E-state index contributed by atoms with van der Waals surface area (Å²) in [5, 5.41) is 8.73. The third kappa shape index (κ3) is 5.99. The van der Waals surface area contributed by atoms with Gasteiger partial charge < -0.3 is 15.5 Å². The Labute approximate surface area is 161 Å². The zero-order chi connectivity index (χ0) is 18.9. The van der Waals surface area contributed by atoms with Crippen LogP contribution in [0.25, 0.3) is 0 Å². The molecule has 1 aliphatic heterocycles. The topological polar surface area (TPSA) is 60.0 Å². The molecular weight excluding hydrogens is 346 g/mol. The molecule has 1 aromatic rings. The maximum atomic E-state index is 11.7. The predicted octanol–water partition coefficient (Wildman–Crippen LogP) is 2.16. The average molecular weight is 380 g/mol. The molecule has 0 aromatic carbocycles. The largest absolute Gasteiger partial charge is 0.357 e. The molecule has 2 N–H and O–H groups in total. The van der Waals surface area contributed by atoms with Crippen LogP contribution in [0.1, 0.15) is 37.1 Å². The molecule has 0 saturated carbocycles. The zero-order valence-electron chi connectivity index (χ0n) is 16.5. The number of carbonyl (C=O) groups is 1. The highest BCUT2D eigenvalue weighted by Crippen LogP contribution is 2.37. The van der Waals surface area contributed by atoms with Gasteiger partial charge in [-0.25, -0.2) is 0 Å². The number of piperidine rings is 1. The second-order valence-corrected chi connectivity index (χ2v) is 8.01. The first kappa shape index (κ1) is 20.7. The number of thiophene rings is 1. The van der Waals surface area contributed by atoms with Crippen LogP contribution in [-0.4, -0.2) is 69.0 Å². The minimum absolute atomic E-state index is 0.125. The highest BCUT2D eigenvalue weighted by molar-refractivity contribution is 7.10. The smallest absolute Gasteiger partial charge is 0.223 e. The first-order chi connectivity index (χ1) is 12.5. The summed E-state index contributed by atoms with van der Waals surface area (Å²) < 4.78 is 0. The Morgan fingerprint density at radius 3 is 2.88 bits per heavy atom. The fourth-order valence-electron chi connectivity index (χ4n) is 3.42. The molecule has 2 atom stereocenters. The summed E-state index contributed by atoms with van der Waals surface area (Å²) in [6.45, 7) is 5.41. The van der Waals surface area contributed by atoms with Gasteiger partial charge in [0.15, 0.2) is 5.96 Å². The minimum atomic E-state index is 0.125. The maximum absolute atomic E-state index is 11.7. The number of rotatable bonds is 7. The van der Waals surface area contributed by atoms with Crippen LogP contribution in [0.2, 0.25) is 0 Å². The van der Waals surface area contributed by atoms with Gasteiger partial charge >= 0.3 is 0 Å². The Morgan fingerprint density at radius 1 is 1.42 bits per heavy atom. The molecule has 2 rings (SSSR count). The van der Waals surface area contributed by atoms with E-state index >= 15 is 0 Å². The summed E-state index contributed by atoms with van der Waals surface area (Å²) in [5.41, 5.74) is 0. The lowest BCUT2D eigenvalue weighted by Gasteiger charge is -2.38. The van der Waals surface area contributed by atoms with E-state index in [1.165, 1.54) is 17.7 Å². The van der Waals surface area contributed by atoms with E-state index in [0.29, 0.717) is 24.9 Å². The van der Waals surface area contributed by atoms with E-state index < -0.39 is 0 Å². The second-order valence-electron chi connectivity index (χ2n) is 7.03. The normalized spacial score (nSPS) is 21.5. The van der Waals surface area contributed by atoms with Gasteiger partial charge in [-0.05, 0) is 50.7 Å². The van der Waals surface area contributed by atoms with Gasteiger partial charge in [0.1, 0.15) is 0 Å². The third-order valence-corrected chi connectivity index (χ3v) is 5.74. The Morgan fingerprint density at radius 2 is 2.23 bits per heavy atom. The fourth-order valence-corrected chi connectivity index (χ4v) is 4.40. The fraction of sp³-hybridized carbons (Fsp3) is 0.684. The molecule has 0 aliphatic carbocycles. The van der Waals surface area contributed by atoms with Crippen molar-refractivity contribution in [2.45, 2.75) is 32.2 Å². The number of hydrogen-bond acceptors (Lipinski definition) is 4. The third-order valence-electron chi connectivity index (χ3n) is 4.80. The molecule has 1 saturated heterocycles. The first-order valence-electron chi connectivity index (χ1n) is 9.49. The summed E-state index contributed by atoms with van der Waals surface area (Å²) in [6.07, 6.45) is 2.90. The average Bonchev–Trinajstić information content (AvgIpc) is 3.13. The molecule has 0 spiro atoms. The summed E-state index contributed by atoms with van der Waals surface area (Å²) in [6, 6.07) is 4.83. The summed E-state index contributed by atoms with van der Waals surface area (Å²) in [5.74, 6) is 1.45. The molecule has 2 unspecified atom stereocenters. The first-order valence-corrected chi connectivity index (χ1v) is 10.4. The van der Waals surface area contributed by atoms with Gasteiger partial charge in [0.2, 0.25) is 5.91 Å². The Balaban J connectivity index is 1.96. The van der Waals surface area contributed by atoms with Gasteiger partial charge in [-0.15, -0.1) is 11.3 Å². The van der Waals surface area contributed by atoms with E-state index in [0.717, 1.165) is 25.6 Å². The van der Waals surface area contributed by atoms with Gasteiger partial charge in [0.05, 0.1) is 0 Å². The van der Waals surface area contributed by atoms with E-state index in [-0.39, 0.29) is 5.91 Å². The number of guanidine groups is 1. The monoisotopic (exact) mass is 379 g/mol. The number of aliphatic imine (C=N–C) groups is 1. The molecule has 7 heteroatoms. The standard InChI is InChI=1S/C19H33N5OS/c1-5-20-19(21-11-10-17(25)23(2)3)22-14-15-8-6-12-24(4)18(15)16-9-7-13-26-16/h7,9,13,15,18H,5-6,8,10-12,14H2,1-4H3,(H2,20,21,22). The number of nitrogens with one attached hydrogen (secondary N) is 2. The summed E-state index contributed by atoms with van der Waals surface area (Å²) >= 11 is 1.84. The summed E-state index contributed by atoms with van der Waals surface area (Å²) in [4.78, 5) is 22.1. The molecule has 2 heterocycles. The van der Waals surface area contributed by atoms with E-state index in [1.54, 1.807) is 19.0 Å². The highest BCUT2D eigenvalue weighted by Gasteiger charge is 2.31. The number of carbonyl (C=O) groups excluding carboxylic acids is 1. The molecule has 1 aromatic heterocycles. The van der Waals surface area contributed by atoms with E-state index in [2.05, 4.69) is 47.0 Å². The van der Waals surface area contributed by atoms with Crippen LogP contribution >= 0.6 is 11.3 Å². The van der Waals surface area contributed by atoms with Gasteiger partial charge in [-0.3, -0.25) is 14.7 Å². The van der Waals surface area contributed by atoms with Crippen molar-refractivity contribution in [1.29, 1.82) is 0 Å². The molecular formula is C19H33N5OS. The molecule has 0 bridgehead atoms.